The second-order valence-corrected chi connectivity index (χ2v) is 4.84. The molecule has 18 heavy (non-hydrogen) atoms. The zero-order valence-electron chi connectivity index (χ0n) is 9.15. The summed E-state index contributed by atoms with van der Waals surface area (Å²) in [5.74, 6) is -0.342. The van der Waals surface area contributed by atoms with Crippen LogP contribution in [0.1, 0.15) is 10.5 Å². The Morgan fingerprint density at radius 2 is 2.11 bits per heavy atom. The minimum atomic E-state index is -0.342. The molecule has 2 aromatic rings. The normalized spacial score (nSPS) is 10.1. The number of nitrogens with one attached hydrogen (secondary N) is 1. The van der Waals surface area contributed by atoms with Crippen LogP contribution in [0.5, 0.6) is 0 Å². The van der Waals surface area contributed by atoms with Gasteiger partial charge in [0, 0.05) is 21.4 Å². The van der Waals surface area contributed by atoms with Crippen LogP contribution < -0.4 is 11.1 Å². The van der Waals surface area contributed by atoms with Gasteiger partial charge in [-0.3, -0.25) is 9.78 Å². The molecule has 92 valence electrons. The molecule has 1 heterocycles. The predicted molar refractivity (Wildman–Crippen MR) is 75.8 cm³/mol. The summed E-state index contributed by atoms with van der Waals surface area (Å²) in [5, 5.41) is 3.24. The lowest BCUT2D eigenvalue weighted by atomic mass is 10.2. The first-order chi connectivity index (χ1) is 8.56. The number of nitrogens with two attached hydrogens (primary N) is 1. The highest BCUT2D eigenvalue weighted by molar-refractivity contribution is 9.10. The fourth-order valence-electron chi connectivity index (χ4n) is 1.35. The molecule has 6 heteroatoms. The molecule has 0 bridgehead atoms. The van der Waals surface area contributed by atoms with Crippen molar-refractivity contribution in [1.82, 2.24) is 4.98 Å². The predicted octanol–water partition coefficient (Wildman–Crippen LogP) is 3.33. The van der Waals surface area contributed by atoms with Crippen LogP contribution in [0.2, 0.25) is 5.02 Å². The van der Waals surface area contributed by atoms with Crippen molar-refractivity contribution in [3.8, 4) is 0 Å². The smallest absolute Gasteiger partial charge is 0.274 e. The molecule has 0 aliphatic rings. The largest absolute Gasteiger partial charge is 0.399 e. The van der Waals surface area contributed by atoms with Crippen molar-refractivity contribution in [3.05, 3.63) is 51.7 Å². The molecule has 0 fully saturated rings. The summed E-state index contributed by atoms with van der Waals surface area (Å²) < 4.78 is 0.740. The Bertz CT molecular complexity index is 604. The number of nitrogens with zero attached hydrogens (tertiary/aromatic N) is 1. The molecule has 0 saturated heterocycles. The van der Waals surface area contributed by atoms with Gasteiger partial charge in [0.05, 0.1) is 5.69 Å². The van der Waals surface area contributed by atoms with Crippen molar-refractivity contribution in [2.45, 2.75) is 0 Å². The number of hydrogen-bond donors (Lipinski definition) is 2. The van der Waals surface area contributed by atoms with Crippen molar-refractivity contribution >= 4 is 44.8 Å². The fourth-order valence-corrected chi connectivity index (χ4v) is 1.87. The highest BCUT2D eigenvalue weighted by Crippen LogP contribution is 2.26. The van der Waals surface area contributed by atoms with Crippen LogP contribution in [-0.4, -0.2) is 10.9 Å². The average molecular weight is 327 g/mol. The first-order valence-corrected chi connectivity index (χ1v) is 6.21. The lowest BCUT2D eigenvalue weighted by Crippen LogP contribution is -2.14. The van der Waals surface area contributed by atoms with Gasteiger partial charge in [0.2, 0.25) is 0 Å². The van der Waals surface area contributed by atoms with E-state index in [9.17, 15) is 4.79 Å². The summed E-state index contributed by atoms with van der Waals surface area (Å²) in [7, 11) is 0. The van der Waals surface area contributed by atoms with E-state index in [1.54, 1.807) is 24.3 Å². The molecule has 0 aliphatic carbocycles. The molecular formula is C12H9BrClN3O. The number of pyridine rings is 1. The summed E-state index contributed by atoms with van der Waals surface area (Å²) >= 11 is 9.19. The van der Waals surface area contributed by atoms with Crippen LogP contribution in [0, 0.1) is 0 Å². The van der Waals surface area contributed by atoms with E-state index in [0.29, 0.717) is 16.4 Å². The molecule has 0 unspecified atom stereocenters. The van der Waals surface area contributed by atoms with Gasteiger partial charge in [0.15, 0.2) is 0 Å². The Morgan fingerprint density at radius 3 is 2.83 bits per heavy atom. The zero-order chi connectivity index (χ0) is 13.1. The summed E-state index contributed by atoms with van der Waals surface area (Å²) in [6.45, 7) is 0. The zero-order valence-corrected chi connectivity index (χ0v) is 11.5. The number of anilines is 2. The van der Waals surface area contributed by atoms with Gasteiger partial charge in [-0.15, -0.1) is 0 Å². The maximum absolute atomic E-state index is 11.9. The number of aromatic nitrogens is 1. The Balaban J connectivity index is 2.24. The van der Waals surface area contributed by atoms with Gasteiger partial charge in [0.1, 0.15) is 5.69 Å². The fraction of sp³-hybridized carbons (Fsp3) is 0. The van der Waals surface area contributed by atoms with Gasteiger partial charge < -0.3 is 11.1 Å². The average Bonchev–Trinajstić information content (AvgIpc) is 2.34. The second-order valence-electron chi connectivity index (χ2n) is 3.55. The van der Waals surface area contributed by atoms with E-state index in [-0.39, 0.29) is 11.6 Å². The molecule has 3 N–H and O–H groups in total. The summed E-state index contributed by atoms with van der Waals surface area (Å²) in [5.41, 5.74) is 6.91. The van der Waals surface area contributed by atoms with Crippen LogP contribution in [0.15, 0.2) is 41.0 Å². The summed E-state index contributed by atoms with van der Waals surface area (Å²) in [6, 6.07) is 8.25. The van der Waals surface area contributed by atoms with Crippen molar-refractivity contribution in [2.24, 2.45) is 0 Å². The van der Waals surface area contributed by atoms with E-state index in [4.69, 9.17) is 17.3 Å². The number of rotatable bonds is 2. The molecule has 0 saturated carbocycles. The number of nitrogen functional groups attached to an aromatic ring is 1. The molecular weight excluding hydrogens is 318 g/mol. The van der Waals surface area contributed by atoms with Gasteiger partial charge >= 0.3 is 0 Å². The Kier molecular flexibility index (Phi) is 3.84. The topological polar surface area (TPSA) is 68.0 Å². The van der Waals surface area contributed by atoms with Gasteiger partial charge in [-0.05, 0) is 46.3 Å². The van der Waals surface area contributed by atoms with Crippen molar-refractivity contribution in [1.29, 1.82) is 0 Å². The van der Waals surface area contributed by atoms with Gasteiger partial charge in [-0.1, -0.05) is 11.6 Å². The molecule has 0 aliphatic heterocycles. The third kappa shape index (κ3) is 3.00. The molecule has 2 rings (SSSR count). The lowest BCUT2D eigenvalue weighted by Gasteiger charge is -2.07. The number of halogens is 2. The molecule has 1 aromatic carbocycles. The van der Waals surface area contributed by atoms with Crippen LogP contribution in [0.3, 0.4) is 0 Å². The Morgan fingerprint density at radius 1 is 1.33 bits per heavy atom. The standard InChI is InChI=1S/C12H9BrClN3O/c13-9-2-1-7(14)5-10(9)17-12(18)11-6-8(15)3-4-16-11/h1-6H,(H2,15,16)(H,17,18). The Labute approximate surface area is 117 Å². The van der Waals surface area contributed by atoms with Gasteiger partial charge in [-0.25, -0.2) is 0 Å². The van der Waals surface area contributed by atoms with E-state index in [2.05, 4.69) is 26.2 Å². The Hall–Kier alpha value is -1.59. The third-order valence-corrected chi connectivity index (χ3v) is 3.12. The van der Waals surface area contributed by atoms with Crippen LogP contribution in [-0.2, 0) is 0 Å². The molecule has 0 atom stereocenters. The minimum Gasteiger partial charge on any atom is -0.399 e. The molecule has 1 amide bonds. The van der Waals surface area contributed by atoms with Crippen molar-refractivity contribution in [3.63, 3.8) is 0 Å². The van der Waals surface area contributed by atoms with E-state index in [1.807, 2.05) is 0 Å². The van der Waals surface area contributed by atoms with Crippen LogP contribution >= 0.6 is 27.5 Å². The van der Waals surface area contributed by atoms with Crippen LogP contribution in [0.4, 0.5) is 11.4 Å². The summed E-state index contributed by atoms with van der Waals surface area (Å²) in [4.78, 5) is 15.9. The van der Waals surface area contributed by atoms with E-state index in [0.717, 1.165) is 4.47 Å². The number of hydrogen-bond acceptors (Lipinski definition) is 3. The van der Waals surface area contributed by atoms with E-state index in [1.165, 1.54) is 12.3 Å². The van der Waals surface area contributed by atoms with Crippen LogP contribution in [0.25, 0.3) is 0 Å². The monoisotopic (exact) mass is 325 g/mol. The summed E-state index contributed by atoms with van der Waals surface area (Å²) in [6.07, 6.45) is 1.48. The van der Waals surface area contributed by atoms with Crippen molar-refractivity contribution in [2.75, 3.05) is 11.1 Å². The SMILES string of the molecule is Nc1ccnc(C(=O)Nc2cc(Cl)ccc2Br)c1. The molecule has 4 nitrogen and oxygen atoms in total. The second kappa shape index (κ2) is 5.37. The molecule has 1 aromatic heterocycles. The molecule has 0 spiro atoms. The number of carbonyl (C=O) groups is 1. The highest BCUT2D eigenvalue weighted by Gasteiger charge is 2.10. The number of amides is 1. The van der Waals surface area contributed by atoms with Gasteiger partial charge in [0.25, 0.3) is 5.91 Å². The third-order valence-electron chi connectivity index (χ3n) is 2.19. The lowest BCUT2D eigenvalue weighted by molar-refractivity contribution is 0.102. The minimum absolute atomic E-state index is 0.252. The van der Waals surface area contributed by atoms with E-state index < -0.39 is 0 Å². The maximum atomic E-state index is 11.9. The number of benzene rings is 1. The maximum Gasteiger partial charge on any atom is 0.274 e. The first kappa shape index (κ1) is 12.9. The highest BCUT2D eigenvalue weighted by atomic mass is 79.9. The molecule has 0 radical (unpaired) electrons. The number of carbonyl (C=O) groups excluding carboxylic acids is 1. The van der Waals surface area contributed by atoms with Gasteiger partial charge in [-0.2, -0.15) is 0 Å². The first-order valence-electron chi connectivity index (χ1n) is 5.04. The van der Waals surface area contributed by atoms with E-state index >= 15 is 0 Å². The quantitative estimate of drug-likeness (QED) is 0.889. The van der Waals surface area contributed by atoms with Crippen molar-refractivity contribution < 1.29 is 4.79 Å².